The molecule has 5 heterocycles. The Balaban J connectivity index is 1.51. The summed E-state index contributed by atoms with van der Waals surface area (Å²) in [5.41, 5.74) is 11.6. The largest absolute Gasteiger partial charge is 0.474 e. The van der Waals surface area contributed by atoms with Crippen LogP contribution < -0.4 is 30.6 Å². The van der Waals surface area contributed by atoms with Crippen molar-refractivity contribution in [3.8, 4) is 5.88 Å². The number of amides is 2. The zero-order valence-electron chi connectivity index (χ0n) is 20.6. The number of nitrogens with zero attached hydrogens (tertiary/aromatic N) is 5. The van der Waals surface area contributed by atoms with Crippen LogP contribution in [0.5, 0.6) is 5.88 Å². The molecule has 38 heavy (non-hydrogen) atoms. The Hall–Kier alpha value is -3.72. The SMILES string of the molecule is CC1(C)OC[C@@H](COc2cnc(N3c4c(ccc[n+]4CC(F)(F)F)N4C[C@@H]3C(C(N)=O)C4C(N)=O)cn2)O1. The topological polar surface area (TPSA) is 150 Å². The second-order valence-electron chi connectivity index (χ2n) is 9.80. The van der Waals surface area contributed by atoms with Crippen LogP contribution >= 0.6 is 0 Å². The van der Waals surface area contributed by atoms with Crippen molar-refractivity contribution in [3.05, 3.63) is 30.7 Å². The lowest BCUT2D eigenvalue weighted by molar-refractivity contribution is -0.707. The van der Waals surface area contributed by atoms with Crippen molar-refractivity contribution < 1.29 is 41.5 Å². The summed E-state index contributed by atoms with van der Waals surface area (Å²) < 4.78 is 58.4. The van der Waals surface area contributed by atoms with Crippen molar-refractivity contribution in [2.24, 2.45) is 17.4 Å². The average Bonchev–Trinajstić information content (AvgIpc) is 3.35. The maximum atomic E-state index is 13.5. The van der Waals surface area contributed by atoms with Gasteiger partial charge in [0.2, 0.25) is 23.5 Å². The fourth-order valence-electron chi connectivity index (χ4n) is 5.30. The number of aromatic nitrogens is 3. The van der Waals surface area contributed by atoms with E-state index in [1.165, 1.54) is 34.5 Å². The number of rotatable bonds is 7. The number of hydrogen-bond donors (Lipinski definition) is 2. The van der Waals surface area contributed by atoms with Gasteiger partial charge >= 0.3 is 12.0 Å². The summed E-state index contributed by atoms with van der Waals surface area (Å²) >= 11 is 0. The van der Waals surface area contributed by atoms with Gasteiger partial charge in [-0.1, -0.05) is 0 Å². The molecule has 2 amide bonds. The predicted octanol–water partition coefficient (Wildman–Crippen LogP) is 0.152. The van der Waals surface area contributed by atoms with Gasteiger partial charge in [0, 0.05) is 0 Å². The highest BCUT2D eigenvalue weighted by molar-refractivity contribution is 5.96. The first kappa shape index (κ1) is 25.9. The van der Waals surface area contributed by atoms with E-state index >= 15 is 0 Å². The van der Waals surface area contributed by atoms with Crippen molar-refractivity contribution in [1.29, 1.82) is 0 Å². The third-order valence-electron chi connectivity index (χ3n) is 6.68. The number of anilines is 3. The highest BCUT2D eigenvalue weighted by Gasteiger charge is 2.59. The van der Waals surface area contributed by atoms with E-state index in [9.17, 15) is 22.8 Å². The summed E-state index contributed by atoms with van der Waals surface area (Å²) in [5, 5.41) is 0. The van der Waals surface area contributed by atoms with Gasteiger partial charge in [-0.3, -0.25) is 9.59 Å². The normalized spacial score (nSPS) is 25.8. The molecule has 0 spiro atoms. The second kappa shape index (κ2) is 9.23. The maximum Gasteiger partial charge on any atom is 0.426 e. The van der Waals surface area contributed by atoms with Gasteiger partial charge in [0.1, 0.15) is 36.4 Å². The number of alkyl halides is 3. The minimum atomic E-state index is -4.55. The number of nitrogens with two attached hydrogens (primary N) is 2. The molecular formula is C23H27F3N7O5+. The molecule has 2 fully saturated rings. The Morgan fingerprint density at radius 2 is 2.00 bits per heavy atom. The molecule has 2 bridgehead atoms. The Morgan fingerprint density at radius 1 is 1.24 bits per heavy atom. The lowest BCUT2D eigenvalue weighted by Gasteiger charge is -2.33. The molecule has 2 aromatic rings. The van der Waals surface area contributed by atoms with Gasteiger partial charge in [-0.2, -0.15) is 13.2 Å². The van der Waals surface area contributed by atoms with Gasteiger partial charge in [-0.25, -0.2) is 19.4 Å². The molecule has 5 rings (SSSR count). The molecule has 2 aromatic heterocycles. The third-order valence-corrected chi connectivity index (χ3v) is 6.68. The monoisotopic (exact) mass is 538 g/mol. The van der Waals surface area contributed by atoms with Gasteiger partial charge in [-0.15, -0.1) is 0 Å². The molecule has 4 N–H and O–H groups in total. The van der Waals surface area contributed by atoms with E-state index < -0.39 is 48.3 Å². The molecule has 0 aromatic carbocycles. The number of carbonyl (C=O) groups excluding carboxylic acids is 2. The van der Waals surface area contributed by atoms with E-state index in [4.69, 9.17) is 25.7 Å². The van der Waals surface area contributed by atoms with Crippen LogP contribution in [-0.2, 0) is 25.6 Å². The Kier molecular flexibility index (Phi) is 6.30. The first-order valence-corrected chi connectivity index (χ1v) is 11.8. The summed E-state index contributed by atoms with van der Waals surface area (Å²) in [6, 6.07) is 1.02. The molecule has 2 unspecified atom stereocenters. The van der Waals surface area contributed by atoms with Crippen LogP contribution in [0.1, 0.15) is 13.8 Å². The maximum absolute atomic E-state index is 13.5. The highest BCUT2D eigenvalue weighted by atomic mass is 19.4. The number of hydrogen-bond acceptors (Lipinski definition) is 9. The molecule has 204 valence electrons. The standard InChI is InChI=1S/C23H26F3N7O5/c1-22(2)37-10-12(38-22)9-36-16-7-29-15(6-30-16)33-14-8-32(18(20(28)35)17(14)19(27)34)13-4-3-5-31(21(13)33)11-23(24,25)26/h3-7,12,14,17-18H,8-11H2,1-2H3,(H3-,27,28,34,35)/p+1/t12-,14-,17?,18?/m1/s1. The van der Waals surface area contributed by atoms with Crippen LogP contribution in [0.3, 0.4) is 0 Å². The summed E-state index contributed by atoms with van der Waals surface area (Å²) in [5.74, 6) is -3.07. The van der Waals surface area contributed by atoms with Crippen LogP contribution in [0.15, 0.2) is 30.7 Å². The quantitative estimate of drug-likeness (QED) is 0.470. The minimum absolute atomic E-state index is 0.0813. The van der Waals surface area contributed by atoms with E-state index in [0.29, 0.717) is 6.61 Å². The first-order chi connectivity index (χ1) is 17.8. The number of ether oxygens (including phenoxy) is 3. The fraction of sp³-hybridized carbons (Fsp3) is 0.522. The van der Waals surface area contributed by atoms with Crippen molar-refractivity contribution in [1.82, 2.24) is 9.97 Å². The van der Waals surface area contributed by atoms with Gasteiger partial charge in [-0.05, 0) is 26.0 Å². The summed E-state index contributed by atoms with van der Waals surface area (Å²) in [6.45, 7) is 2.86. The molecule has 2 saturated heterocycles. The van der Waals surface area contributed by atoms with E-state index in [1.54, 1.807) is 19.9 Å². The average molecular weight is 539 g/mol. The predicted molar refractivity (Wildman–Crippen MR) is 124 cm³/mol. The van der Waals surface area contributed by atoms with Crippen molar-refractivity contribution in [2.45, 2.75) is 50.5 Å². The van der Waals surface area contributed by atoms with Gasteiger partial charge in [0.05, 0.1) is 31.7 Å². The number of pyridine rings is 1. The molecule has 12 nitrogen and oxygen atoms in total. The molecule has 3 aliphatic heterocycles. The molecule has 15 heteroatoms. The van der Waals surface area contributed by atoms with Crippen LogP contribution in [0.25, 0.3) is 0 Å². The van der Waals surface area contributed by atoms with E-state index in [0.717, 1.165) is 4.57 Å². The first-order valence-electron chi connectivity index (χ1n) is 11.8. The minimum Gasteiger partial charge on any atom is -0.474 e. The smallest absolute Gasteiger partial charge is 0.426 e. The highest BCUT2D eigenvalue weighted by Crippen LogP contribution is 2.46. The third kappa shape index (κ3) is 4.78. The number of fused-ring (bicyclic) bond motifs is 4. The molecule has 3 aliphatic rings. The van der Waals surface area contributed by atoms with Crippen molar-refractivity contribution >= 4 is 29.1 Å². The fourth-order valence-corrected chi connectivity index (χ4v) is 5.30. The van der Waals surface area contributed by atoms with Crippen molar-refractivity contribution in [2.75, 3.05) is 29.6 Å². The summed E-state index contributed by atoms with van der Waals surface area (Å²) in [7, 11) is 0. The summed E-state index contributed by atoms with van der Waals surface area (Å²) in [6.07, 6.45) is -0.953. The number of carbonyl (C=O) groups is 2. The molecule has 0 radical (unpaired) electrons. The number of halogens is 3. The van der Waals surface area contributed by atoms with Crippen LogP contribution in [0, 0.1) is 5.92 Å². The molecular weight excluding hydrogens is 511 g/mol. The second-order valence-corrected chi connectivity index (χ2v) is 9.80. The van der Waals surface area contributed by atoms with E-state index in [2.05, 4.69) is 9.97 Å². The van der Waals surface area contributed by atoms with Crippen LogP contribution in [0.2, 0.25) is 0 Å². The van der Waals surface area contributed by atoms with Gasteiger partial charge < -0.3 is 30.6 Å². The Bertz CT molecular complexity index is 1240. The lowest BCUT2D eigenvalue weighted by atomic mass is 9.94. The molecule has 0 saturated carbocycles. The lowest BCUT2D eigenvalue weighted by Crippen LogP contribution is -2.53. The Morgan fingerprint density at radius 3 is 2.58 bits per heavy atom. The molecule has 4 atom stereocenters. The summed E-state index contributed by atoms with van der Waals surface area (Å²) in [4.78, 5) is 36.5. The van der Waals surface area contributed by atoms with Crippen LogP contribution in [-0.4, -0.2) is 71.7 Å². The zero-order valence-corrected chi connectivity index (χ0v) is 20.6. The van der Waals surface area contributed by atoms with Gasteiger partial charge in [0.25, 0.3) is 0 Å². The Labute approximate surface area is 215 Å². The van der Waals surface area contributed by atoms with Crippen molar-refractivity contribution in [3.63, 3.8) is 0 Å². The van der Waals surface area contributed by atoms with Gasteiger partial charge in [0.15, 0.2) is 12.3 Å². The van der Waals surface area contributed by atoms with Crippen LogP contribution in [0.4, 0.5) is 30.5 Å². The zero-order chi connectivity index (χ0) is 27.4. The van der Waals surface area contributed by atoms with E-state index in [-0.39, 0.29) is 42.5 Å². The number of primary amides is 2. The van der Waals surface area contributed by atoms with E-state index in [1.807, 2.05) is 0 Å². The molecule has 0 aliphatic carbocycles.